The summed E-state index contributed by atoms with van der Waals surface area (Å²) in [5, 5.41) is 2.96. The molecule has 0 aliphatic heterocycles. The van der Waals surface area contributed by atoms with Crippen molar-refractivity contribution in [3.63, 3.8) is 0 Å². The Bertz CT molecular complexity index is 1370. The van der Waals surface area contributed by atoms with Gasteiger partial charge in [0.1, 0.15) is 5.82 Å². The van der Waals surface area contributed by atoms with E-state index in [0.717, 1.165) is 21.7 Å². The van der Waals surface area contributed by atoms with Crippen LogP contribution in [-0.4, -0.2) is 34.8 Å². The predicted molar refractivity (Wildman–Crippen MR) is 140 cm³/mol. The smallest absolute Gasteiger partial charge is 0.257 e. The van der Waals surface area contributed by atoms with Crippen LogP contribution in [0.25, 0.3) is 0 Å². The number of methoxy groups -OCH3 is 2. The zero-order valence-corrected chi connectivity index (χ0v) is 22.1. The van der Waals surface area contributed by atoms with Gasteiger partial charge in [0.25, 0.3) is 5.91 Å². The number of hydrogen-bond acceptors (Lipinski definition) is 5. The number of amides is 1. The zero-order valence-electron chi connectivity index (χ0n) is 21.3. The third-order valence-corrected chi connectivity index (χ3v) is 6.98. The topological polar surface area (TPSA) is 84.9 Å². The first-order valence-electron chi connectivity index (χ1n) is 11.4. The first-order chi connectivity index (χ1) is 17.0. The summed E-state index contributed by atoms with van der Waals surface area (Å²) in [6.45, 7) is 5.61. The van der Waals surface area contributed by atoms with Crippen molar-refractivity contribution in [3.8, 4) is 11.5 Å². The molecule has 0 spiro atoms. The van der Waals surface area contributed by atoms with Gasteiger partial charge in [-0.1, -0.05) is 50.2 Å². The first kappa shape index (κ1) is 27.0. The summed E-state index contributed by atoms with van der Waals surface area (Å²) in [7, 11) is -1.12. The molecule has 0 fully saturated rings. The minimum absolute atomic E-state index is 0.0346. The third kappa shape index (κ3) is 5.79. The molecule has 0 aliphatic carbocycles. The molecule has 0 heterocycles. The van der Waals surface area contributed by atoms with Crippen molar-refractivity contribution < 1.29 is 27.1 Å². The van der Waals surface area contributed by atoms with Crippen LogP contribution in [0.5, 0.6) is 11.5 Å². The first-order valence-corrected chi connectivity index (χ1v) is 13.2. The maximum atomic E-state index is 14.5. The normalized spacial score (nSPS) is 11.3. The molecule has 1 N–H and O–H groups in total. The van der Waals surface area contributed by atoms with Gasteiger partial charge >= 0.3 is 0 Å². The number of sulfonamides is 1. The Labute approximate surface area is 211 Å². The molecule has 192 valence electrons. The second kappa shape index (κ2) is 11.0. The highest BCUT2D eigenvalue weighted by molar-refractivity contribution is 7.92. The summed E-state index contributed by atoms with van der Waals surface area (Å²) >= 11 is 0. The van der Waals surface area contributed by atoms with Crippen LogP contribution in [0.2, 0.25) is 0 Å². The van der Waals surface area contributed by atoms with Gasteiger partial charge in [-0.2, -0.15) is 0 Å². The van der Waals surface area contributed by atoms with Gasteiger partial charge in [-0.05, 0) is 36.1 Å². The van der Waals surface area contributed by atoms with Gasteiger partial charge in [0.05, 0.1) is 38.3 Å². The highest BCUT2D eigenvalue weighted by Gasteiger charge is 2.28. The van der Waals surface area contributed by atoms with E-state index in [-0.39, 0.29) is 40.8 Å². The van der Waals surface area contributed by atoms with Crippen LogP contribution in [0.1, 0.15) is 46.8 Å². The van der Waals surface area contributed by atoms with E-state index in [0.29, 0.717) is 5.69 Å². The average molecular weight is 515 g/mol. The van der Waals surface area contributed by atoms with E-state index in [2.05, 4.69) is 5.32 Å². The lowest BCUT2D eigenvalue weighted by atomic mass is 9.98. The number of nitrogens with zero attached hydrogens (tertiary/aromatic N) is 1. The average Bonchev–Trinajstić information content (AvgIpc) is 2.83. The van der Waals surface area contributed by atoms with Crippen LogP contribution in [-0.2, 0) is 16.6 Å². The Morgan fingerprint density at radius 2 is 1.67 bits per heavy atom. The van der Waals surface area contributed by atoms with Crippen LogP contribution in [0, 0.1) is 12.7 Å². The summed E-state index contributed by atoms with van der Waals surface area (Å²) in [5.41, 5.74) is 2.69. The minimum atomic E-state index is -3.95. The van der Waals surface area contributed by atoms with E-state index in [1.165, 1.54) is 44.6 Å². The molecule has 0 aromatic heterocycles. The summed E-state index contributed by atoms with van der Waals surface area (Å²) in [4.78, 5) is 13.7. The van der Waals surface area contributed by atoms with Crippen LogP contribution in [0.3, 0.4) is 0 Å². The number of halogens is 1. The zero-order chi connectivity index (χ0) is 26.6. The van der Waals surface area contributed by atoms with Crippen molar-refractivity contribution in [2.75, 3.05) is 30.1 Å². The number of carbonyl (C=O) groups excluding carboxylic acids is 1. The molecule has 0 saturated heterocycles. The van der Waals surface area contributed by atoms with E-state index in [9.17, 15) is 17.6 Å². The molecule has 9 heteroatoms. The van der Waals surface area contributed by atoms with Crippen LogP contribution in [0.4, 0.5) is 15.8 Å². The number of hydrogen-bond donors (Lipinski definition) is 1. The standard InChI is InChI=1S/C27H31FN2O5S/c1-17(2)20-12-9-10-18(3)26(20)29-27(31)21-14-24(34-4)25(35-5)15-23(21)30(36(6,32)33)16-19-11-7-8-13-22(19)28/h7-15,17H,16H2,1-6H3,(H,29,31). The van der Waals surface area contributed by atoms with Crippen molar-refractivity contribution in [1.29, 1.82) is 0 Å². The molecule has 36 heavy (non-hydrogen) atoms. The van der Waals surface area contributed by atoms with Gasteiger partial charge in [0.2, 0.25) is 10.0 Å². The number of nitrogens with one attached hydrogen (secondary N) is 1. The number of benzene rings is 3. The molecule has 0 saturated carbocycles. The van der Waals surface area contributed by atoms with Gasteiger partial charge in [0, 0.05) is 17.3 Å². The second-order valence-corrected chi connectivity index (χ2v) is 10.6. The Balaban J connectivity index is 2.20. The van der Waals surface area contributed by atoms with Crippen LogP contribution >= 0.6 is 0 Å². The largest absolute Gasteiger partial charge is 0.493 e. The second-order valence-electron chi connectivity index (χ2n) is 8.73. The molecular formula is C27H31FN2O5S. The van der Waals surface area contributed by atoms with Gasteiger partial charge in [0.15, 0.2) is 11.5 Å². The SMILES string of the molecule is COc1cc(C(=O)Nc2c(C)cccc2C(C)C)c(N(Cc2ccccc2F)S(C)(=O)=O)cc1OC. The summed E-state index contributed by atoms with van der Waals surface area (Å²) < 4.78 is 52.1. The van der Waals surface area contributed by atoms with E-state index in [1.54, 1.807) is 6.07 Å². The number of rotatable bonds is 9. The third-order valence-electron chi connectivity index (χ3n) is 5.85. The molecule has 0 bridgehead atoms. The van der Waals surface area contributed by atoms with Gasteiger partial charge in [-0.15, -0.1) is 0 Å². The lowest BCUT2D eigenvalue weighted by Crippen LogP contribution is -2.32. The van der Waals surface area contributed by atoms with E-state index < -0.39 is 21.7 Å². The van der Waals surface area contributed by atoms with Crippen molar-refractivity contribution in [2.45, 2.75) is 33.2 Å². The maximum Gasteiger partial charge on any atom is 0.257 e. The predicted octanol–water partition coefficient (Wildman–Crippen LogP) is 5.49. The van der Waals surface area contributed by atoms with Crippen molar-refractivity contribution in [3.05, 3.63) is 82.7 Å². The molecule has 7 nitrogen and oxygen atoms in total. The lowest BCUT2D eigenvalue weighted by molar-refractivity contribution is 0.102. The number of aryl methyl sites for hydroxylation is 1. The molecular weight excluding hydrogens is 483 g/mol. The number of anilines is 2. The van der Waals surface area contributed by atoms with Gasteiger partial charge < -0.3 is 14.8 Å². The molecule has 0 aliphatic rings. The number of para-hydroxylation sites is 1. The highest BCUT2D eigenvalue weighted by Crippen LogP contribution is 2.38. The molecule has 3 aromatic rings. The number of ether oxygens (including phenoxy) is 2. The fourth-order valence-electron chi connectivity index (χ4n) is 3.94. The Hall–Kier alpha value is -3.59. The molecule has 0 atom stereocenters. The summed E-state index contributed by atoms with van der Waals surface area (Å²) in [5.74, 6) is -0.480. The summed E-state index contributed by atoms with van der Waals surface area (Å²) in [6.07, 6.45) is 1.00. The van der Waals surface area contributed by atoms with Gasteiger partial charge in [-0.3, -0.25) is 9.10 Å². The minimum Gasteiger partial charge on any atom is -0.493 e. The Morgan fingerprint density at radius 1 is 1.03 bits per heavy atom. The Morgan fingerprint density at radius 3 is 2.25 bits per heavy atom. The monoisotopic (exact) mass is 514 g/mol. The molecule has 3 rings (SSSR count). The molecule has 1 amide bonds. The van der Waals surface area contributed by atoms with Crippen LogP contribution in [0.15, 0.2) is 54.6 Å². The van der Waals surface area contributed by atoms with Crippen molar-refractivity contribution >= 4 is 27.3 Å². The quantitative estimate of drug-likeness (QED) is 0.408. The van der Waals surface area contributed by atoms with Crippen LogP contribution < -0.4 is 19.1 Å². The fourth-order valence-corrected chi connectivity index (χ4v) is 4.82. The molecule has 0 unspecified atom stereocenters. The molecule has 0 radical (unpaired) electrons. The van der Waals surface area contributed by atoms with E-state index in [4.69, 9.17) is 9.47 Å². The maximum absolute atomic E-state index is 14.5. The van der Waals surface area contributed by atoms with Gasteiger partial charge in [-0.25, -0.2) is 12.8 Å². The van der Waals surface area contributed by atoms with E-state index >= 15 is 0 Å². The van der Waals surface area contributed by atoms with Crippen molar-refractivity contribution in [1.82, 2.24) is 0 Å². The lowest BCUT2D eigenvalue weighted by Gasteiger charge is -2.26. The summed E-state index contributed by atoms with van der Waals surface area (Å²) in [6, 6.07) is 14.5. The van der Waals surface area contributed by atoms with Crippen molar-refractivity contribution in [2.24, 2.45) is 0 Å². The fraction of sp³-hybridized carbons (Fsp3) is 0.296. The highest BCUT2D eigenvalue weighted by atomic mass is 32.2. The van der Waals surface area contributed by atoms with E-state index in [1.807, 2.05) is 39.0 Å². The molecule has 3 aromatic carbocycles. The number of carbonyl (C=O) groups is 1. The Kier molecular flexibility index (Phi) is 8.24.